The lowest BCUT2D eigenvalue weighted by Crippen LogP contribution is -2.20. The van der Waals surface area contributed by atoms with E-state index in [2.05, 4.69) is 5.32 Å². The molecule has 4 nitrogen and oxygen atoms in total. The van der Waals surface area contributed by atoms with Gasteiger partial charge in [0.05, 0.1) is 6.10 Å². The molecule has 0 aliphatic heterocycles. The Balaban J connectivity index is 1.89. The number of hydrogen-bond acceptors (Lipinski definition) is 3. The third-order valence-electron chi connectivity index (χ3n) is 3.48. The Morgan fingerprint density at radius 2 is 1.96 bits per heavy atom. The highest BCUT2D eigenvalue weighted by Gasteiger charge is 2.08. The lowest BCUT2D eigenvalue weighted by molar-refractivity contribution is -0.118. The van der Waals surface area contributed by atoms with Gasteiger partial charge in [-0.15, -0.1) is 0 Å². The number of amides is 1. The topological polar surface area (TPSA) is 58.6 Å². The average molecular weight is 334 g/mol. The molecular weight excluding hydrogens is 314 g/mol. The molecule has 0 aromatic heterocycles. The van der Waals surface area contributed by atoms with Crippen molar-refractivity contribution in [3.8, 4) is 5.75 Å². The maximum atomic E-state index is 11.9. The first kappa shape index (κ1) is 17.3. The zero-order valence-corrected chi connectivity index (χ0v) is 13.9. The largest absolute Gasteiger partial charge is 0.484 e. The number of halogens is 1. The molecule has 0 aliphatic carbocycles. The van der Waals surface area contributed by atoms with Gasteiger partial charge in [-0.1, -0.05) is 30.7 Å². The minimum atomic E-state index is -0.472. The molecule has 122 valence electrons. The number of carbonyl (C=O) groups excluding carboxylic acids is 1. The van der Waals surface area contributed by atoms with Crippen LogP contribution in [0.1, 0.15) is 30.6 Å². The van der Waals surface area contributed by atoms with Crippen LogP contribution in [0, 0.1) is 6.92 Å². The predicted octanol–water partition coefficient (Wildman–Crippen LogP) is 4.11. The first-order chi connectivity index (χ1) is 11.0. The second-order valence-corrected chi connectivity index (χ2v) is 5.73. The fourth-order valence-electron chi connectivity index (χ4n) is 2.12. The highest BCUT2D eigenvalue weighted by Crippen LogP contribution is 2.21. The molecule has 1 amide bonds. The van der Waals surface area contributed by atoms with Gasteiger partial charge in [0.15, 0.2) is 6.61 Å². The van der Waals surface area contributed by atoms with Crippen molar-refractivity contribution in [3.63, 3.8) is 0 Å². The Kier molecular flexibility index (Phi) is 6.02. The average Bonchev–Trinajstić information content (AvgIpc) is 2.55. The fraction of sp³-hybridized carbons (Fsp3) is 0.278. The van der Waals surface area contributed by atoms with Gasteiger partial charge >= 0.3 is 0 Å². The molecule has 0 saturated heterocycles. The summed E-state index contributed by atoms with van der Waals surface area (Å²) in [4.78, 5) is 11.9. The molecule has 23 heavy (non-hydrogen) atoms. The molecule has 2 rings (SSSR count). The standard InChI is InChI=1S/C18H20ClNO3/c1-3-17(21)13-4-7-15(8-5-13)23-11-18(22)20-16-9-6-14(19)10-12(16)2/h4-10,17,21H,3,11H2,1-2H3,(H,20,22). The first-order valence-corrected chi connectivity index (χ1v) is 7.84. The van der Waals surface area contributed by atoms with Crippen LogP contribution in [0.5, 0.6) is 5.75 Å². The van der Waals surface area contributed by atoms with Crippen molar-refractivity contribution >= 4 is 23.2 Å². The summed E-state index contributed by atoms with van der Waals surface area (Å²) in [7, 11) is 0. The SMILES string of the molecule is CCC(O)c1ccc(OCC(=O)Nc2ccc(Cl)cc2C)cc1. The van der Waals surface area contributed by atoms with Crippen LogP contribution in [-0.4, -0.2) is 17.6 Å². The van der Waals surface area contributed by atoms with Crippen molar-refractivity contribution in [1.82, 2.24) is 0 Å². The van der Waals surface area contributed by atoms with Gasteiger partial charge in [0, 0.05) is 10.7 Å². The van der Waals surface area contributed by atoms with Crippen molar-refractivity contribution in [3.05, 3.63) is 58.6 Å². The number of ether oxygens (including phenoxy) is 1. The third-order valence-corrected chi connectivity index (χ3v) is 3.72. The van der Waals surface area contributed by atoms with Crippen molar-refractivity contribution in [2.75, 3.05) is 11.9 Å². The van der Waals surface area contributed by atoms with Crippen molar-refractivity contribution in [2.45, 2.75) is 26.4 Å². The summed E-state index contributed by atoms with van der Waals surface area (Å²) in [5.41, 5.74) is 2.44. The van der Waals surface area contributed by atoms with E-state index in [0.717, 1.165) is 11.1 Å². The minimum Gasteiger partial charge on any atom is -0.484 e. The van der Waals surface area contributed by atoms with Crippen LogP contribution >= 0.6 is 11.6 Å². The van der Waals surface area contributed by atoms with Gasteiger partial charge in [0.1, 0.15) is 5.75 Å². The number of rotatable bonds is 6. The fourth-order valence-corrected chi connectivity index (χ4v) is 2.35. The predicted molar refractivity (Wildman–Crippen MR) is 92.0 cm³/mol. The maximum absolute atomic E-state index is 11.9. The number of aliphatic hydroxyl groups excluding tert-OH is 1. The normalized spacial score (nSPS) is 11.8. The Morgan fingerprint density at radius 1 is 1.26 bits per heavy atom. The number of aryl methyl sites for hydroxylation is 1. The van der Waals surface area contributed by atoms with Gasteiger partial charge in [-0.05, 0) is 54.8 Å². The second-order valence-electron chi connectivity index (χ2n) is 5.29. The summed E-state index contributed by atoms with van der Waals surface area (Å²) in [5, 5.41) is 13.1. The quantitative estimate of drug-likeness (QED) is 0.836. The molecule has 0 aliphatic rings. The van der Waals surface area contributed by atoms with E-state index in [-0.39, 0.29) is 12.5 Å². The molecule has 2 N–H and O–H groups in total. The van der Waals surface area contributed by atoms with Crippen LogP contribution < -0.4 is 10.1 Å². The van der Waals surface area contributed by atoms with Crippen LogP contribution in [0.2, 0.25) is 5.02 Å². The molecule has 0 heterocycles. The zero-order valence-electron chi connectivity index (χ0n) is 13.2. The second kappa shape index (κ2) is 7.99. The Hall–Kier alpha value is -2.04. The van der Waals surface area contributed by atoms with Crippen LogP contribution in [0.4, 0.5) is 5.69 Å². The molecule has 0 fully saturated rings. The zero-order chi connectivity index (χ0) is 16.8. The number of hydrogen-bond donors (Lipinski definition) is 2. The highest BCUT2D eigenvalue weighted by atomic mass is 35.5. The van der Waals surface area contributed by atoms with Gasteiger partial charge < -0.3 is 15.2 Å². The summed E-state index contributed by atoms with van der Waals surface area (Å²) in [6, 6.07) is 12.4. The summed E-state index contributed by atoms with van der Waals surface area (Å²) in [6.45, 7) is 3.70. The molecular formula is C18H20ClNO3. The van der Waals surface area contributed by atoms with Crippen molar-refractivity contribution < 1.29 is 14.6 Å². The smallest absolute Gasteiger partial charge is 0.262 e. The van der Waals surface area contributed by atoms with E-state index in [1.165, 1.54) is 0 Å². The number of benzene rings is 2. The molecule has 0 spiro atoms. The summed E-state index contributed by atoms with van der Waals surface area (Å²) in [5.74, 6) is 0.341. The summed E-state index contributed by atoms with van der Waals surface area (Å²) >= 11 is 5.88. The Morgan fingerprint density at radius 3 is 2.57 bits per heavy atom. The minimum absolute atomic E-state index is 0.0856. The van der Waals surface area contributed by atoms with Crippen LogP contribution in [0.3, 0.4) is 0 Å². The number of anilines is 1. The van der Waals surface area contributed by atoms with Crippen LogP contribution in [0.15, 0.2) is 42.5 Å². The molecule has 2 aromatic rings. The van der Waals surface area contributed by atoms with Gasteiger partial charge in [0.25, 0.3) is 5.91 Å². The van der Waals surface area contributed by atoms with Crippen molar-refractivity contribution in [1.29, 1.82) is 0 Å². The van der Waals surface area contributed by atoms with E-state index in [1.54, 1.807) is 42.5 Å². The molecule has 0 radical (unpaired) electrons. The molecule has 0 saturated carbocycles. The number of aliphatic hydroxyl groups is 1. The molecule has 5 heteroatoms. The molecule has 1 unspecified atom stereocenters. The first-order valence-electron chi connectivity index (χ1n) is 7.46. The van der Waals surface area contributed by atoms with Crippen LogP contribution in [-0.2, 0) is 4.79 Å². The maximum Gasteiger partial charge on any atom is 0.262 e. The van der Waals surface area contributed by atoms with E-state index in [0.29, 0.717) is 22.9 Å². The van der Waals surface area contributed by atoms with Gasteiger partial charge in [-0.2, -0.15) is 0 Å². The van der Waals surface area contributed by atoms with Gasteiger partial charge in [-0.3, -0.25) is 4.79 Å². The lowest BCUT2D eigenvalue weighted by atomic mass is 10.1. The van der Waals surface area contributed by atoms with E-state index in [9.17, 15) is 9.90 Å². The van der Waals surface area contributed by atoms with E-state index in [1.807, 2.05) is 13.8 Å². The Labute approximate surface area is 141 Å². The molecule has 2 aromatic carbocycles. The molecule has 0 bridgehead atoms. The van der Waals surface area contributed by atoms with E-state index < -0.39 is 6.10 Å². The number of nitrogens with one attached hydrogen (secondary N) is 1. The summed E-state index contributed by atoms with van der Waals surface area (Å²) in [6.07, 6.45) is 0.184. The Bertz CT molecular complexity index is 670. The number of carbonyl (C=O) groups is 1. The monoisotopic (exact) mass is 333 g/mol. The molecule has 1 atom stereocenters. The van der Waals surface area contributed by atoms with Gasteiger partial charge in [-0.25, -0.2) is 0 Å². The third kappa shape index (κ3) is 4.98. The van der Waals surface area contributed by atoms with Crippen LogP contribution in [0.25, 0.3) is 0 Å². The van der Waals surface area contributed by atoms with Gasteiger partial charge in [0.2, 0.25) is 0 Å². The summed E-state index contributed by atoms with van der Waals surface area (Å²) < 4.78 is 5.45. The van der Waals surface area contributed by atoms with Crippen molar-refractivity contribution in [2.24, 2.45) is 0 Å². The lowest BCUT2D eigenvalue weighted by Gasteiger charge is -2.11. The van der Waals surface area contributed by atoms with E-state index >= 15 is 0 Å². The highest BCUT2D eigenvalue weighted by molar-refractivity contribution is 6.30. The van der Waals surface area contributed by atoms with E-state index in [4.69, 9.17) is 16.3 Å².